The summed E-state index contributed by atoms with van der Waals surface area (Å²) in [6.07, 6.45) is 2.07. The molecule has 1 aromatic rings. The van der Waals surface area contributed by atoms with Gasteiger partial charge >= 0.3 is 0 Å². The van der Waals surface area contributed by atoms with Gasteiger partial charge in [-0.2, -0.15) is 0 Å². The predicted octanol–water partition coefficient (Wildman–Crippen LogP) is 1.74. The number of nitrogens with two attached hydrogens (primary N) is 1. The maximum atomic E-state index is 12.9. The van der Waals surface area contributed by atoms with Crippen molar-refractivity contribution in [2.75, 3.05) is 45.6 Å². The zero-order valence-electron chi connectivity index (χ0n) is 18.1. The number of methoxy groups -OCH3 is 1. The summed E-state index contributed by atoms with van der Waals surface area (Å²) in [6.45, 7) is 9.59. The molecular weight excluding hydrogens is 370 g/mol. The Balaban J connectivity index is 1.60. The van der Waals surface area contributed by atoms with Gasteiger partial charge in [0.1, 0.15) is 11.4 Å². The number of nitrogens with zero attached hydrogens (tertiary/aromatic N) is 1. The Labute approximate surface area is 173 Å². The number of rotatable bonds is 7. The molecule has 0 aliphatic carbocycles. The summed E-state index contributed by atoms with van der Waals surface area (Å²) in [7, 11) is 1.70. The van der Waals surface area contributed by atoms with E-state index in [1.165, 1.54) is 0 Å². The number of piperidine rings is 1. The Morgan fingerprint density at radius 3 is 2.93 bits per heavy atom. The fourth-order valence-corrected chi connectivity index (χ4v) is 4.32. The number of hydrogen-bond acceptors (Lipinski definition) is 6. The molecule has 29 heavy (non-hydrogen) atoms. The molecule has 1 aromatic carbocycles. The molecule has 1 fully saturated rings. The van der Waals surface area contributed by atoms with Gasteiger partial charge in [0.05, 0.1) is 11.7 Å². The van der Waals surface area contributed by atoms with Crippen molar-refractivity contribution in [1.29, 1.82) is 0 Å². The Hall–Kier alpha value is -1.83. The highest BCUT2D eigenvalue weighted by Crippen LogP contribution is 2.42. The number of benzene rings is 1. The number of aryl methyl sites for hydroxylation is 1. The zero-order valence-corrected chi connectivity index (χ0v) is 18.1. The smallest absolute Gasteiger partial charge is 0.255 e. The number of likely N-dealkylation sites (tertiary alicyclic amines) is 1. The minimum absolute atomic E-state index is 0.0536. The molecule has 0 bridgehead atoms. The lowest BCUT2D eigenvalue weighted by atomic mass is 9.93. The van der Waals surface area contributed by atoms with Gasteiger partial charge in [-0.3, -0.25) is 4.79 Å². The van der Waals surface area contributed by atoms with Crippen molar-refractivity contribution < 1.29 is 19.4 Å². The van der Waals surface area contributed by atoms with E-state index in [0.717, 1.165) is 43.7 Å². The van der Waals surface area contributed by atoms with Crippen LogP contribution >= 0.6 is 0 Å². The number of aliphatic hydroxyl groups excluding tert-OH is 1. The zero-order chi connectivity index (χ0) is 21.2. The average Bonchev–Trinajstić information content (AvgIpc) is 2.99. The molecule has 2 atom stereocenters. The quantitative estimate of drug-likeness (QED) is 0.472. The monoisotopic (exact) mass is 405 g/mol. The first-order chi connectivity index (χ1) is 13.7. The van der Waals surface area contributed by atoms with Gasteiger partial charge in [-0.05, 0) is 51.8 Å². The van der Waals surface area contributed by atoms with E-state index in [1.807, 2.05) is 20.8 Å². The molecule has 1 amide bonds. The van der Waals surface area contributed by atoms with E-state index in [4.69, 9.17) is 15.2 Å². The van der Waals surface area contributed by atoms with Crippen LogP contribution in [0.3, 0.4) is 0 Å². The summed E-state index contributed by atoms with van der Waals surface area (Å²) < 4.78 is 11.1. The van der Waals surface area contributed by atoms with Crippen LogP contribution in [0.5, 0.6) is 5.75 Å². The van der Waals surface area contributed by atoms with E-state index in [2.05, 4.69) is 10.2 Å². The van der Waals surface area contributed by atoms with Crippen molar-refractivity contribution >= 4 is 11.6 Å². The second kappa shape index (κ2) is 8.90. The van der Waals surface area contributed by atoms with Gasteiger partial charge in [-0.25, -0.2) is 0 Å². The van der Waals surface area contributed by atoms with Crippen molar-refractivity contribution in [3.8, 4) is 5.75 Å². The summed E-state index contributed by atoms with van der Waals surface area (Å²) >= 11 is 0. The molecule has 0 spiro atoms. The van der Waals surface area contributed by atoms with E-state index >= 15 is 0 Å². The normalized spacial score (nSPS) is 23.5. The molecule has 0 radical (unpaired) electrons. The molecule has 0 saturated carbocycles. The minimum Gasteiger partial charge on any atom is -0.486 e. The van der Waals surface area contributed by atoms with E-state index in [-0.39, 0.29) is 17.4 Å². The van der Waals surface area contributed by atoms with Crippen LogP contribution < -0.4 is 15.8 Å². The van der Waals surface area contributed by atoms with Crippen LogP contribution in [0.15, 0.2) is 6.07 Å². The summed E-state index contributed by atoms with van der Waals surface area (Å²) in [4.78, 5) is 15.2. The van der Waals surface area contributed by atoms with Gasteiger partial charge in [0, 0.05) is 56.9 Å². The molecule has 2 aliphatic rings. The number of anilines is 1. The van der Waals surface area contributed by atoms with Crippen LogP contribution in [0.4, 0.5) is 5.69 Å². The third-order valence-electron chi connectivity index (χ3n) is 6.01. The number of nitrogens with one attached hydrogen (secondary N) is 1. The van der Waals surface area contributed by atoms with Crippen LogP contribution in [0.2, 0.25) is 0 Å². The molecule has 2 unspecified atom stereocenters. The molecule has 0 aromatic heterocycles. The lowest BCUT2D eigenvalue weighted by Crippen LogP contribution is -2.48. The van der Waals surface area contributed by atoms with Crippen LogP contribution in [0, 0.1) is 12.8 Å². The first-order valence-electron chi connectivity index (χ1n) is 10.5. The fourth-order valence-electron chi connectivity index (χ4n) is 4.32. The van der Waals surface area contributed by atoms with E-state index < -0.39 is 6.10 Å². The number of amides is 1. The molecule has 7 heteroatoms. The van der Waals surface area contributed by atoms with Gasteiger partial charge in [0.25, 0.3) is 5.91 Å². The Morgan fingerprint density at radius 2 is 2.24 bits per heavy atom. The molecule has 4 N–H and O–H groups in total. The molecular formula is C22H35N3O4. The number of aliphatic hydroxyl groups is 1. The fraction of sp³-hybridized carbons (Fsp3) is 0.682. The van der Waals surface area contributed by atoms with Crippen LogP contribution in [0.25, 0.3) is 0 Å². The van der Waals surface area contributed by atoms with Gasteiger partial charge in [-0.15, -0.1) is 0 Å². The molecule has 7 nitrogen and oxygen atoms in total. The summed E-state index contributed by atoms with van der Waals surface area (Å²) in [5, 5.41) is 13.5. The predicted molar refractivity (Wildman–Crippen MR) is 113 cm³/mol. The third kappa shape index (κ3) is 5.02. The van der Waals surface area contributed by atoms with Crippen molar-refractivity contribution in [2.24, 2.45) is 5.92 Å². The van der Waals surface area contributed by atoms with Crippen molar-refractivity contribution in [1.82, 2.24) is 10.2 Å². The van der Waals surface area contributed by atoms with E-state index in [1.54, 1.807) is 13.2 Å². The van der Waals surface area contributed by atoms with Crippen LogP contribution in [0.1, 0.15) is 48.2 Å². The van der Waals surface area contributed by atoms with Crippen molar-refractivity contribution in [3.63, 3.8) is 0 Å². The van der Waals surface area contributed by atoms with Gasteiger partial charge in [0.15, 0.2) is 0 Å². The second-order valence-corrected chi connectivity index (χ2v) is 8.97. The molecule has 162 valence electrons. The number of carbonyl (C=O) groups excluding carboxylic acids is 1. The summed E-state index contributed by atoms with van der Waals surface area (Å²) in [5.41, 5.74) is 8.91. The van der Waals surface area contributed by atoms with E-state index in [0.29, 0.717) is 36.5 Å². The van der Waals surface area contributed by atoms with E-state index in [9.17, 15) is 9.90 Å². The SMILES string of the molecule is COCCCN1CCC(CNC(=O)c2cc(C)c(N)c3c2OC(C)(C)C3)C(O)C1. The highest BCUT2D eigenvalue weighted by Gasteiger charge is 2.36. The largest absolute Gasteiger partial charge is 0.486 e. The Morgan fingerprint density at radius 1 is 1.48 bits per heavy atom. The molecule has 3 rings (SSSR count). The molecule has 1 saturated heterocycles. The van der Waals surface area contributed by atoms with Gasteiger partial charge < -0.3 is 30.5 Å². The number of fused-ring (bicyclic) bond motifs is 1. The lowest BCUT2D eigenvalue weighted by Gasteiger charge is -2.36. The van der Waals surface area contributed by atoms with Crippen molar-refractivity contribution in [2.45, 2.75) is 51.7 Å². The molecule has 2 heterocycles. The molecule has 2 aliphatic heterocycles. The minimum atomic E-state index is -0.444. The average molecular weight is 406 g/mol. The lowest BCUT2D eigenvalue weighted by molar-refractivity contribution is 0.0192. The summed E-state index contributed by atoms with van der Waals surface area (Å²) in [6, 6.07) is 1.81. The number of carbonyl (C=O) groups is 1. The highest BCUT2D eigenvalue weighted by molar-refractivity contribution is 5.99. The standard InChI is InChI=1S/C22H35N3O4/c1-14-10-16(20-17(19(14)23)11-22(2,3)29-20)21(27)24-12-15-6-8-25(13-18(15)26)7-5-9-28-4/h10,15,18,26H,5-9,11-13,23H2,1-4H3,(H,24,27). The summed E-state index contributed by atoms with van der Waals surface area (Å²) in [5.74, 6) is 0.485. The van der Waals surface area contributed by atoms with Crippen LogP contribution in [-0.4, -0.2) is 67.5 Å². The second-order valence-electron chi connectivity index (χ2n) is 8.97. The van der Waals surface area contributed by atoms with Crippen LogP contribution in [-0.2, 0) is 11.2 Å². The first-order valence-corrected chi connectivity index (χ1v) is 10.5. The Kier molecular flexibility index (Phi) is 6.71. The maximum absolute atomic E-state index is 12.9. The van der Waals surface area contributed by atoms with Crippen molar-refractivity contribution in [3.05, 3.63) is 22.8 Å². The maximum Gasteiger partial charge on any atom is 0.255 e. The highest BCUT2D eigenvalue weighted by atomic mass is 16.5. The Bertz CT molecular complexity index is 750. The number of nitrogen functional groups attached to an aromatic ring is 1. The number of hydrogen-bond donors (Lipinski definition) is 3. The number of ether oxygens (including phenoxy) is 2. The number of β-amino-alcohol motifs (C(OH)–C–C–N with tert-alkyl or cyclic N) is 1. The third-order valence-corrected chi connectivity index (χ3v) is 6.01. The van der Waals surface area contributed by atoms with Gasteiger partial charge in [0.2, 0.25) is 0 Å². The van der Waals surface area contributed by atoms with Gasteiger partial charge in [-0.1, -0.05) is 0 Å². The topological polar surface area (TPSA) is 97.1 Å². The first kappa shape index (κ1) is 21.9.